The van der Waals surface area contributed by atoms with Gasteiger partial charge in [0.1, 0.15) is 5.82 Å². The number of benzene rings is 1. The maximum atomic E-state index is 13.2. The lowest BCUT2D eigenvalue weighted by Gasteiger charge is -2.16. The van der Waals surface area contributed by atoms with Gasteiger partial charge in [0.05, 0.1) is 0 Å². The van der Waals surface area contributed by atoms with E-state index in [0.717, 1.165) is 18.4 Å². The van der Waals surface area contributed by atoms with Crippen molar-refractivity contribution in [1.29, 1.82) is 0 Å². The maximum absolute atomic E-state index is 13.2. The standard InChI is InChI=1S/C15H24FN3O/c1-10(2)4-5-11(3)18-9-12-6-7-13(16)8-14(12)15(17)19-20/h6-8,10-11,18,20H,4-5,9H2,1-3H3,(H2,17,19). The lowest BCUT2D eigenvalue weighted by atomic mass is 10.0. The van der Waals surface area contributed by atoms with E-state index >= 15 is 0 Å². The fourth-order valence-electron chi connectivity index (χ4n) is 1.96. The largest absolute Gasteiger partial charge is 0.409 e. The topological polar surface area (TPSA) is 70.6 Å². The van der Waals surface area contributed by atoms with E-state index in [2.05, 4.69) is 31.2 Å². The van der Waals surface area contributed by atoms with Crippen LogP contribution in [0.5, 0.6) is 0 Å². The van der Waals surface area contributed by atoms with E-state index in [-0.39, 0.29) is 5.84 Å². The molecule has 1 rings (SSSR count). The van der Waals surface area contributed by atoms with Crippen molar-refractivity contribution in [1.82, 2.24) is 5.32 Å². The number of halogens is 1. The van der Waals surface area contributed by atoms with E-state index in [4.69, 9.17) is 10.9 Å². The molecule has 112 valence electrons. The third-order valence-electron chi connectivity index (χ3n) is 3.27. The molecule has 1 atom stereocenters. The smallest absolute Gasteiger partial charge is 0.170 e. The second-order valence-electron chi connectivity index (χ2n) is 5.54. The third kappa shape index (κ3) is 5.17. The monoisotopic (exact) mass is 281 g/mol. The number of hydrogen-bond donors (Lipinski definition) is 3. The molecule has 0 aliphatic carbocycles. The Hall–Kier alpha value is -1.62. The quantitative estimate of drug-likeness (QED) is 0.311. The molecule has 1 unspecified atom stereocenters. The zero-order valence-electron chi connectivity index (χ0n) is 12.4. The van der Waals surface area contributed by atoms with Gasteiger partial charge in [0.2, 0.25) is 0 Å². The fraction of sp³-hybridized carbons (Fsp3) is 0.533. The van der Waals surface area contributed by atoms with Gasteiger partial charge in [0.15, 0.2) is 5.84 Å². The number of hydrogen-bond acceptors (Lipinski definition) is 3. The van der Waals surface area contributed by atoms with Gasteiger partial charge in [-0.1, -0.05) is 25.1 Å². The van der Waals surface area contributed by atoms with Gasteiger partial charge in [-0.25, -0.2) is 4.39 Å². The van der Waals surface area contributed by atoms with Gasteiger partial charge >= 0.3 is 0 Å². The van der Waals surface area contributed by atoms with E-state index in [1.807, 2.05) is 0 Å². The summed E-state index contributed by atoms with van der Waals surface area (Å²) in [6.07, 6.45) is 2.24. The average molecular weight is 281 g/mol. The van der Waals surface area contributed by atoms with E-state index in [0.29, 0.717) is 24.1 Å². The van der Waals surface area contributed by atoms with Gasteiger partial charge in [-0.3, -0.25) is 0 Å². The van der Waals surface area contributed by atoms with Crippen LogP contribution in [0.2, 0.25) is 0 Å². The molecule has 0 aromatic heterocycles. The van der Waals surface area contributed by atoms with Crippen LogP contribution < -0.4 is 11.1 Å². The van der Waals surface area contributed by atoms with Gasteiger partial charge in [-0.2, -0.15) is 0 Å². The Bertz CT molecular complexity index is 460. The summed E-state index contributed by atoms with van der Waals surface area (Å²) in [6.45, 7) is 7.08. The van der Waals surface area contributed by atoms with Crippen LogP contribution in [0.1, 0.15) is 44.7 Å². The summed E-state index contributed by atoms with van der Waals surface area (Å²) >= 11 is 0. The zero-order valence-corrected chi connectivity index (χ0v) is 12.4. The molecule has 0 saturated heterocycles. The summed E-state index contributed by atoms with van der Waals surface area (Å²) < 4.78 is 13.2. The first-order valence-corrected chi connectivity index (χ1v) is 6.93. The zero-order chi connectivity index (χ0) is 15.1. The second kappa shape index (κ2) is 7.85. The van der Waals surface area contributed by atoms with Gasteiger partial charge in [-0.05, 0) is 43.4 Å². The van der Waals surface area contributed by atoms with Crippen LogP contribution in [-0.2, 0) is 6.54 Å². The van der Waals surface area contributed by atoms with E-state index in [1.165, 1.54) is 12.1 Å². The van der Waals surface area contributed by atoms with Crippen molar-refractivity contribution in [2.75, 3.05) is 0 Å². The van der Waals surface area contributed by atoms with Crippen LogP contribution in [0.25, 0.3) is 0 Å². The van der Waals surface area contributed by atoms with Crippen LogP contribution in [0.15, 0.2) is 23.4 Å². The van der Waals surface area contributed by atoms with Crippen LogP contribution in [0.3, 0.4) is 0 Å². The van der Waals surface area contributed by atoms with Crippen molar-refractivity contribution >= 4 is 5.84 Å². The Kier molecular flexibility index (Phi) is 6.45. The summed E-state index contributed by atoms with van der Waals surface area (Å²) in [6, 6.07) is 4.68. The molecule has 4 nitrogen and oxygen atoms in total. The second-order valence-corrected chi connectivity index (χ2v) is 5.54. The molecule has 1 aromatic rings. The Morgan fingerprint density at radius 1 is 1.35 bits per heavy atom. The first kappa shape index (κ1) is 16.4. The highest BCUT2D eigenvalue weighted by Gasteiger charge is 2.10. The third-order valence-corrected chi connectivity index (χ3v) is 3.27. The number of nitrogens with one attached hydrogen (secondary N) is 1. The molecule has 0 amide bonds. The highest BCUT2D eigenvalue weighted by atomic mass is 19.1. The number of amidine groups is 1. The van der Waals surface area contributed by atoms with E-state index in [9.17, 15) is 4.39 Å². The molecule has 0 aliphatic heterocycles. The minimum Gasteiger partial charge on any atom is -0.409 e. The first-order chi connectivity index (χ1) is 9.43. The highest BCUT2D eigenvalue weighted by Crippen LogP contribution is 2.13. The number of oxime groups is 1. The van der Waals surface area contributed by atoms with Crippen molar-refractivity contribution < 1.29 is 9.60 Å². The molecule has 0 heterocycles. The molecular formula is C15H24FN3O. The molecule has 0 bridgehead atoms. The summed E-state index contributed by atoms with van der Waals surface area (Å²) in [7, 11) is 0. The van der Waals surface area contributed by atoms with Gasteiger partial charge < -0.3 is 16.3 Å². The molecule has 0 saturated carbocycles. The minimum absolute atomic E-state index is 0.0730. The molecule has 0 radical (unpaired) electrons. The SMILES string of the molecule is CC(C)CCC(C)NCc1ccc(F)cc1C(N)=NO. The molecule has 0 fully saturated rings. The number of nitrogens with two attached hydrogens (primary N) is 1. The summed E-state index contributed by atoms with van der Waals surface area (Å²) in [4.78, 5) is 0. The highest BCUT2D eigenvalue weighted by molar-refractivity contribution is 5.98. The van der Waals surface area contributed by atoms with Crippen LogP contribution in [-0.4, -0.2) is 17.1 Å². The number of rotatable bonds is 7. The number of nitrogens with zero attached hydrogens (tertiary/aromatic N) is 1. The Labute approximate surface area is 119 Å². The van der Waals surface area contributed by atoms with Crippen molar-refractivity contribution in [2.24, 2.45) is 16.8 Å². The Morgan fingerprint density at radius 2 is 2.05 bits per heavy atom. The predicted octanol–water partition coefficient (Wildman–Crippen LogP) is 2.83. The fourth-order valence-corrected chi connectivity index (χ4v) is 1.96. The summed E-state index contributed by atoms with van der Waals surface area (Å²) in [5, 5.41) is 15.1. The van der Waals surface area contributed by atoms with E-state index < -0.39 is 5.82 Å². The Balaban J connectivity index is 2.68. The predicted molar refractivity (Wildman–Crippen MR) is 79.3 cm³/mol. The average Bonchev–Trinajstić information content (AvgIpc) is 2.42. The van der Waals surface area contributed by atoms with Crippen molar-refractivity contribution in [3.63, 3.8) is 0 Å². The summed E-state index contributed by atoms with van der Waals surface area (Å²) in [5.74, 6) is 0.206. The molecule has 5 heteroatoms. The lowest BCUT2D eigenvalue weighted by Crippen LogP contribution is -2.27. The minimum atomic E-state index is -0.400. The van der Waals surface area contributed by atoms with Gasteiger partial charge in [0, 0.05) is 18.2 Å². The first-order valence-electron chi connectivity index (χ1n) is 6.93. The molecular weight excluding hydrogens is 257 g/mol. The van der Waals surface area contributed by atoms with Crippen LogP contribution in [0.4, 0.5) is 4.39 Å². The maximum Gasteiger partial charge on any atom is 0.170 e. The molecule has 0 spiro atoms. The van der Waals surface area contributed by atoms with Crippen LogP contribution >= 0.6 is 0 Å². The van der Waals surface area contributed by atoms with Crippen molar-refractivity contribution in [3.8, 4) is 0 Å². The molecule has 0 aliphatic rings. The molecule has 4 N–H and O–H groups in total. The van der Waals surface area contributed by atoms with Crippen molar-refractivity contribution in [2.45, 2.75) is 46.2 Å². The summed E-state index contributed by atoms with van der Waals surface area (Å²) in [5.41, 5.74) is 6.82. The lowest BCUT2D eigenvalue weighted by molar-refractivity contribution is 0.318. The van der Waals surface area contributed by atoms with Gasteiger partial charge in [0.25, 0.3) is 0 Å². The van der Waals surface area contributed by atoms with Crippen LogP contribution in [0, 0.1) is 11.7 Å². The normalized spacial score (nSPS) is 13.8. The Morgan fingerprint density at radius 3 is 2.65 bits per heavy atom. The van der Waals surface area contributed by atoms with E-state index in [1.54, 1.807) is 6.07 Å². The van der Waals surface area contributed by atoms with Crippen molar-refractivity contribution in [3.05, 3.63) is 35.1 Å². The molecule has 1 aromatic carbocycles. The molecule has 20 heavy (non-hydrogen) atoms. The van der Waals surface area contributed by atoms with Gasteiger partial charge in [-0.15, -0.1) is 0 Å².